The molecule has 1 amide bonds. The molecule has 4 rings (SSSR count). The first-order chi connectivity index (χ1) is 14.0. The number of rotatable bonds is 5. The van der Waals surface area contributed by atoms with Crippen molar-refractivity contribution in [2.75, 3.05) is 11.9 Å². The summed E-state index contributed by atoms with van der Waals surface area (Å²) in [6.07, 6.45) is 0. The summed E-state index contributed by atoms with van der Waals surface area (Å²) in [5.41, 5.74) is 3.18. The van der Waals surface area contributed by atoms with Gasteiger partial charge in [0, 0.05) is 12.7 Å². The molecule has 9 nitrogen and oxygen atoms in total. The molecule has 0 radical (unpaired) electrons. The molecule has 0 fully saturated rings. The number of hydrogen-bond donors (Lipinski definition) is 1. The van der Waals surface area contributed by atoms with Gasteiger partial charge in [0.05, 0.1) is 28.8 Å². The molecule has 0 saturated heterocycles. The molecule has 0 aliphatic heterocycles. The standard InChI is InChI=1S/C20H20N6O3/c1-5-28-15-9-7-6-8-13(15)19-23-24-20(29-19)22-18(27)14-10-11(2)21-17-16(14)12(3)25-26(17)4/h6-10H,5H2,1-4H3,(H,22,24,27). The quantitative estimate of drug-likeness (QED) is 0.555. The van der Waals surface area contributed by atoms with Crippen LogP contribution in [0.1, 0.15) is 28.7 Å². The normalized spacial score (nSPS) is 11.0. The van der Waals surface area contributed by atoms with Crippen molar-refractivity contribution in [2.45, 2.75) is 20.8 Å². The van der Waals surface area contributed by atoms with Crippen LogP contribution in [-0.2, 0) is 7.05 Å². The van der Waals surface area contributed by atoms with Gasteiger partial charge in [-0.25, -0.2) is 4.98 Å². The van der Waals surface area contributed by atoms with E-state index in [0.717, 1.165) is 5.69 Å². The summed E-state index contributed by atoms with van der Waals surface area (Å²) < 4.78 is 12.9. The van der Waals surface area contributed by atoms with Crippen molar-refractivity contribution in [3.05, 3.63) is 47.3 Å². The molecule has 0 atom stereocenters. The van der Waals surface area contributed by atoms with E-state index in [9.17, 15) is 4.79 Å². The van der Waals surface area contributed by atoms with Gasteiger partial charge in [0.2, 0.25) is 0 Å². The third-order valence-corrected chi connectivity index (χ3v) is 4.40. The zero-order chi connectivity index (χ0) is 20.5. The second-order valence-corrected chi connectivity index (χ2v) is 6.51. The molecule has 0 aliphatic carbocycles. The van der Waals surface area contributed by atoms with Crippen molar-refractivity contribution in [1.29, 1.82) is 0 Å². The van der Waals surface area contributed by atoms with E-state index in [1.165, 1.54) is 0 Å². The van der Waals surface area contributed by atoms with Crippen molar-refractivity contribution < 1.29 is 13.9 Å². The molecule has 0 spiro atoms. The Hall–Kier alpha value is -3.75. The van der Waals surface area contributed by atoms with E-state index in [1.807, 2.05) is 45.0 Å². The van der Waals surface area contributed by atoms with Gasteiger partial charge in [-0.05, 0) is 39.0 Å². The van der Waals surface area contributed by atoms with Crippen LogP contribution in [0, 0.1) is 13.8 Å². The lowest BCUT2D eigenvalue weighted by Gasteiger charge is -2.06. The second-order valence-electron chi connectivity index (χ2n) is 6.51. The summed E-state index contributed by atoms with van der Waals surface area (Å²) >= 11 is 0. The molecule has 3 heterocycles. The number of pyridine rings is 1. The maximum atomic E-state index is 12.9. The Morgan fingerprint density at radius 2 is 2.03 bits per heavy atom. The van der Waals surface area contributed by atoms with Crippen LogP contribution in [0.15, 0.2) is 34.7 Å². The first-order valence-corrected chi connectivity index (χ1v) is 9.16. The van der Waals surface area contributed by atoms with Crippen molar-refractivity contribution in [3.8, 4) is 17.2 Å². The Labute approximate surface area is 166 Å². The fourth-order valence-corrected chi connectivity index (χ4v) is 3.22. The first kappa shape index (κ1) is 18.6. The molecular formula is C20H20N6O3. The molecule has 29 heavy (non-hydrogen) atoms. The average Bonchev–Trinajstić information content (AvgIpc) is 3.26. The molecule has 4 aromatic rings. The lowest BCUT2D eigenvalue weighted by atomic mass is 10.1. The number of carbonyl (C=O) groups excluding carboxylic acids is 1. The van der Waals surface area contributed by atoms with Crippen LogP contribution in [0.2, 0.25) is 0 Å². The van der Waals surface area contributed by atoms with Gasteiger partial charge >= 0.3 is 6.01 Å². The lowest BCUT2D eigenvalue weighted by molar-refractivity contribution is 0.102. The van der Waals surface area contributed by atoms with Gasteiger partial charge in [-0.2, -0.15) is 5.10 Å². The average molecular weight is 392 g/mol. The fourth-order valence-electron chi connectivity index (χ4n) is 3.22. The van der Waals surface area contributed by atoms with E-state index in [1.54, 1.807) is 17.8 Å². The molecule has 1 N–H and O–H groups in total. The summed E-state index contributed by atoms with van der Waals surface area (Å²) in [7, 11) is 1.80. The van der Waals surface area contributed by atoms with E-state index in [-0.39, 0.29) is 17.8 Å². The van der Waals surface area contributed by atoms with Crippen LogP contribution in [0.4, 0.5) is 6.01 Å². The third kappa shape index (κ3) is 3.42. The summed E-state index contributed by atoms with van der Waals surface area (Å²) in [4.78, 5) is 17.4. The number of carbonyl (C=O) groups is 1. The van der Waals surface area contributed by atoms with Gasteiger partial charge in [-0.1, -0.05) is 17.2 Å². The molecular weight excluding hydrogens is 372 g/mol. The minimum atomic E-state index is -0.370. The molecule has 0 bridgehead atoms. The minimum absolute atomic E-state index is 0.000426. The first-order valence-electron chi connectivity index (χ1n) is 9.16. The number of fused-ring (bicyclic) bond motifs is 1. The number of aryl methyl sites for hydroxylation is 3. The largest absolute Gasteiger partial charge is 0.493 e. The minimum Gasteiger partial charge on any atom is -0.493 e. The van der Waals surface area contributed by atoms with Crippen LogP contribution in [-0.4, -0.2) is 37.5 Å². The molecule has 9 heteroatoms. The number of aromatic nitrogens is 5. The Morgan fingerprint density at radius 3 is 2.83 bits per heavy atom. The van der Waals surface area contributed by atoms with E-state index in [2.05, 4.69) is 25.6 Å². The van der Waals surface area contributed by atoms with Crippen LogP contribution < -0.4 is 10.1 Å². The van der Waals surface area contributed by atoms with E-state index < -0.39 is 0 Å². The summed E-state index contributed by atoms with van der Waals surface area (Å²) in [5, 5.41) is 15.7. The van der Waals surface area contributed by atoms with Crippen molar-refractivity contribution in [2.24, 2.45) is 7.05 Å². The maximum Gasteiger partial charge on any atom is 0.322 e. The number of nitrogens with zero attached hydrogens (tertiary/aromatic N) is 5. The number of amides is 1. The highest BCUT2D eigenvalue weighted by Gasteiger charge is 2.20. The van der Waals surface area contributed by atoms with E-state index in [0.29, 0.717) is 40.2 Å². The van der Waals surface area contributed by atoms with Crippen LogP contribution >= 0.6 is 0 Å². The van der Waals surface area contributed by atoms with Crippen molar-refractivity contribution in [1.82, 2.24) is 25.0 Å². The summed E-state index contributed by atoms with van der Waals surface area (Å²) in [6.45, 7) is 6.07. The molecule has 3 aromatic heterocycles. The predicted octanol–water partition coefficient (Wildman–Crippen LogP) is 3.29. The Morgan fingerprint density at radius 1 is 1.24 bits per heavy atom. The second kappa shape index (κ2) is 7.34. The zero-order valence-electron chi connectivity index (χ0n) is 16.6. The van der Waals surface area contributed by atoms with Gasteiger partial charge in [0.25, 0.3) is 11.8 Å². The molecule has 0 unspecified atom stereocenters. The third-order valence-electron chi connectivity index (χ3n) is 4.40. The molecule has 0 saturated carbocycles. The van der Waals surface area contributed by atoms with Crippen molar-refractivity contribution >= 4 is 23.0 Å². The van der Waals surface area contributed by atoms with Crippen molar-refractivity contribution in [3.63, 3.8) is 0 Å². The Balaban J connectivity index is 1.65. The lowest BCUT2D eigenvalue weighted by Crippen LogP contribution is -2.13. The highest BCUT2D eigenvalue weighted by molar-refractivity contribution is 6.12. The topological polar surface area (TPSA) is 108 Å². The van der Waals surface area contributed by atoms with E-state index in [4.69, 9.17) is 9.15 Å². The van der Waals surface area contributed by atoms with Gasteiger partial charge in [0.15, 0.2) is 5.65 Å². The fraction of sp³-hybridized carbons (Fsp3) is 0.250. The van der Waals surface area contributed by atoms with Gasteiger partial charge < -0.3 is 9.15 Å². The highest BCUT2D eigenvalue weighted by Crippen LogP contribution is 2.30. The number of ether oxygens (including phenoxy) is 1. The molecule has 1 aromatic carbocycles. The number of anilines is 1. The SMILES string of the molecule is CCOc1ccccc1-c1nnc(NC(=O)c2cc(C)nc3c2c(C)nn3C)o1. The van der Waals surface area contributed by atoms with Crippen LogP contribution in [0.3, 0.4) is 0 Å². The Kier molecular flexibility index (Phi) is 4.71. The smallest absolute Gasteiger partial charge is 0.322 e. The van der Waals surface area contributed by atoms with Crippen LogP contribution in [0.5, 0.6) is 5.75 Å². The number of nitrogens with one attached hydrogen (secondary N) is 1. The molecule has 148 valence electrons. The highest BCUT2D eigenvalue weighted by atomic mass is 16.5. The number of hydrogen-bond acceptors (Lipinski definition) is 7. The zero-order valence-corrected chi connectivity index (χ0v) is 16.6. The van der Waals surface area contributed by atoms with E-state index >= 15 is 0 Å². The molecule has 0 aliphatic rings. The number of para-hydroxylation sites is 1. The monoisotopic (exact) mass is 392 g/mol. The summed E-state index contributed by atoms with van der Waals surface area (Å²) in [6, 6.07) is 9.07. The van der Waals surface area contributed by atoms with Crippen LogP contribution in [0.25, 0.3) is 22.5 Å². The predicted molar refractivity (Wildman–Crippen MR) is 107 cm³/mol. The van der Waals surface area contributed by atoms with Gasteiger partial charge in [0.1, 0.15) is 5.75 Å². The number of benzene rings is 1. The maximum absolute atomic E-state index is 12.9. The summed E-state index contributed by atoms with van der Waals surface area (Å²) in [5.74, 6) is 0.525. The van der Waals surface area contributed by atoms with Gasteiger partial charge in [-0.15, -0.1) is 5.10 Å². The van der Waals surface area contributed by atoms with Gasteiger partial charge in [-0.3, -0.25) is 14.8 Å². The Bertz CT molecular complexity index is 1210.